The number of hydrogen-bond acceptors (Lipinski definition) is 3. The van der Waals surface area contributed by atoms with Gasteiger partial charge >= 0.3 is 0 Å². The van der Waals surface area contributed by atoms with Gasteiger partial charge in [-0.05, 0) is 17.9 Å². The molecule has 0 saturated heterocycles. The van der Waals surface area contributed by atoms with Crippen LogP contribution in [0.1, 0.15) is 37.3 Å². The molecule has 5 heteroatoms. The number of benzene rings is 1. The summed E-state index contributed by atoms with van der Waals surface area (Å²) in [6.45, 7) is 3.88. The third-order valence-electron chi connectivity index (χ3n) is 2.79. The van der Waals surface area contributed by atoms with E-state index in [4.69, 9.17) is 16.9 Å². The van der Waals surface area contributed by atoms with Gasteiger partial charge in [-0.1, -0.05) is 19.9 Å². The summed E-state index contributed by atoms with van der Waals surface area (Å²) in [4.78, 5) is 10.1. The van der Waals surface area contributed by atoms with Gasteiger partial charge in [-0.3, -0.25) is 10.1 Å². The van der Waals surface area contributed by atoms with Crippen LogP contribution in [0.4, 0.5) is 5.69 Å². The molecule has 0 heterocycles. The first-order valence-corrected chi connectivity index (χ1v) is 5.77. The monoisotopic (exact) mass is 252 g/mol. The molecule has 0 aliphatic rings. The third kappa shape index (κ3) is 2.95. The molecule has 0 aromatic heterocycles. The summed E-state index contributed by atoms with van der Waals surface area (Å²) >= 11 is 6.14. The maximum absolute atomic E-state index is 10.6. The second-order valence-corrected chi connectivity index (χ2v) is 4.41. The molecule has 0 amide bonds. The van der Waals surface area contributed by atoms with E-state index in [2.05, 4.69) is 0 Å². The Labute approximate surface area is 105 Å². The summed E-state index contributed by atoms with van der Waals surface area (Å²) in [6, 6.07) is 6.31. The third-order valence-corrected chi connectivity index (χ3v) is 3.48. The molecule has 0 radical (unpaired) electrons. The Bertz CT molecular complexity index is 468. The van der Waals surface area contributed by atoms with Gasteiger partial charge in [-0.15, -0.1) is 11.6 Å². The lowest BCUT2D eigenvalue weighted by atomic mass is 9.92. The maximum atomic E-state index is 10.6. The lowest BCUT2D eigenvalue weighted by molar-refractivity contribution is -0.384. The van der Waals surface area contributed by atoms with Crippen molar-refractivity contribution in [1.82, 2.24) is 0 Å². The van der Waals surface area contributed by atoms with E-state index in [1.54, 1.807) is 6.07 Å². The van der Waals surface area contributed by atoms with Gasteiger partial charge in [0.15, 0.2) is 0 Å². The highest BCUT2D eigenvalue weighted by atomic mass is 35.5. The number of rotatable bonds is 4. The quantitative estimate of drug-likeness (QED) is 0.467. The number of nitro groups is 1. The van der Waals surface area contributed by atoms with Gasteiger partial charge in [-0.25, -0.2) is 0 Å². The average Bonchev–Trinajstić information content (AvgIpc) is 2.35. The normalized spacial score (nSPS) is 13.8. The lowest BCUT2D eigenvalue weighted by Gasteiger charge is -2.17. The zero-order valence-corrected chi connectivity index (χ0v) is 10.4. The van der Waals surface area contributed by atoms with Crippen LogP contribution in [-0.2, 0) is 0 Å². The Hall–Kier alpha value is -1.60. The highest BCUT2D eigenvalue weighted by Crippen LogP contribution is 2.29. The zero-order chi connectivity index (χ0) is 13.0. The first kappa shape index (κ1) is 13.5. The zero-order valence-electron chi connectivity index (χ0n) is 9.68. The predicted molar refractivity (Wildman–Crippen MR) is 66.2 cm³/mol. The van der Waals surface area contributed by atoms with Gasteiger partial charge in [0.05, 0.1) is 16.6 Å². The summed E-state index contributed by atoms with van der Waals surface area (Å²) in [6.07, 6.45) is 0.782. The summed E-state index contributed by atoms with van der Waals surface area (Å²) in [7, 11) is 0. The van der Waals surface area contributed by atoms with Gasteiger partial charge < -0.3 is 0 Å². The van der Waals surface area contributed by atoms with Gasteiger partial charge in [-0.2, -0.15) is 5.26 Å². The van der Waals surface area contributed by atoms with Crippen LogP contribution in [0.15, 0.2) is 18.2 Å². The highest BCUT2D eigenvalue weighted by Gasteiger charge is 2.20. The van der Waals surface area contributed by atoms with Crippen molar-refractivity contribution in [2.24, 2.45) is 0 Å². The predicted octanol–water partition coefficient (Wildman–Crippen LogP) is 3.59. The number of nitro benzene ring substituents is 1. The van der Waals surface area contributed by atoms with Crippen molar-refractivity contribution in [3.63, 3.8) is 0 Å². The molecular weight excluding hydrogens is 240 g/mol. The molecule has 0 N–H and O–H groups in total. The molecule has 0 spiro atoms. The number of non-ortho nitro benzene ring substituents is 1. The van der Waals surface area contributed by atoms with Crippen LogP contribution in [0.25, 0.3) is 0 Å². The van der Waals surface area contributed by atoms with E-state index in [9.17, 15) is 10.1 Å². The number of halogens is 1. The van der Waals surface area contributed by atoms with Gasteiger partial charge in [0, 0.05) is 17.5 Å². The van der Waals surface area contributed by atoms with Gasteiger partial charge in [0.1, 0.15) is 0 Å². The summed E-state index contributed by atoms with van der Waals surface area (Å²) in [5.41, 5.74) is 1.02. The molecule has 90 valence electrons. The first-order valence-electron chi connectivity index (χ1n) is 5.33. The summed E-state index contributed by atoms with van der Waals surface area (Å²) < 4.78 is 0. The average molecular weight is 253 g/mol. The van der Waals surface area contributed by atoms with E-state index in [0.717, 1.165) is 12.0 Å². The number of nitriles is 1. The SMILES string of the molecule is CCC(Cl)C(C)c1ccc([N+](=O)[O-])cc1C#N. The van der Waals surface area contributed by atoms with Crippen molar-refractivity contribution in [2.45, 2.75) is 31.6 Å². The van der Waals surface area contributed by atoms with Crippen molar-refractivity contribution in [2.75, 3.05) is 0 Å². The Kier molecular flexibility index (Phi) is 4.47. The summed E-state index contributed by atoms with van der Waals surface area (Å²) in [5, 5.41) is 19.5. The van der Waals surface area contributed by atoms with Crippen molar-refractivity contribution in [3.8, 4) is 6.07 Å². The molecule has 2 atom stereocenters. The standard InChI is InChI=1S/C12H13ClN2O2/c1-3-12(13)8(2)11-5-4-10(15(16)17)6-9(11)7-14/h4-6,8,12H,3H2,1-2H3. The van der Waals surface area contributed by atoms with Crippen LogP contribution in [0.5, 0.6) is 0 Å². The molecule has 4 nitrogen and oxygen atoms in total. The molecule has 1 rings (SSSR count). The molecular formula is C12H13ClN2O2. The molecule has 0 saturated carbocycles. The van der Waals surface area contributed by atoms with E-state index in [1.807, 2.05) is 19.9 Å². The van der Waals surface area contributed by atoms with E-state index in [0.29, 0.717) is 5.56 Å². The molecule has 2 unspecified atom stereocenters. The van der Waals surface area contributed by atoms with Gasteiger partial charge in [0.25, 0.3) is 5.69 Å². The topological polar surface area (TPSA) is 66.9 Å². The van der Waals surface area contributed by atoms with E-state index < -0.39 is 4.92 Å². The van der Waals surface area contributed by atoms with Crippen LogP contribution in [0.2, 0.25) is 0 Å². The van der Waals surface area contributed by atoms with E-state index in [-0.39, 0.29) is 17.0 Å². The fourth-order valence-corrected chi connectivity index (χ4v) is 1.84. The van der Waals surface area contributed by atoms with Crippen LogP contribution in [0, 0.1) is 21.4 Å². The van der Waals surface area contributed by atoms with E-state index in [1.165, 1.54) is 12.1 Å². The smallest absolute Gasteiger partial charge is 0.258 e. The molecule has 17 heavy (non-hydrogen) atoms. The minimum Gasteiger partial charge on any atom is -0.258 e. The van der Waals surface area contributed by atoms with Crippen molar-refractivity contribution in [1.29, 1.82) is 5.26 Å². The van der Waals surface area contributed by atoms with Gasteiger partial charge in [0.2, 0.25) is 0 Å². The molecule has 0 fully saturated rings. The van der Waals surface area contributed by atoms with Crippen molar-refractivity contribution in [3.05, 3.63) is 39.4 Å². The largest absolute Gasteiger partial charge is 0.270 e. The Morgan fingerprint density at radius 3 is 2.71 bits per heavy atom. The van der Waals surface area contributed by atoms with Crippen LogP contribution in [-0.4, -0.2) is 10.3 Å². The van der Waals surface area contributed by atoms with Crippen LogP contribution < -0.4 is 0 Å². The van der Waals surface area contributed by atoms with Crippen LogP contribution >= 0.6 is 11.6 Å². The maximum Gasteiger partial charge on any atom is 0.270 e. The Morgan fingerprint density at radius 1 is 1.59 bits per heavy atom. The fraction of sp³-hybridized carbons (Fsp3) is 0.417. The molecule has 0 aliphatic carbocycles. The number of nitrogens with zero attached hydrogens (tertiary/aromatic N) is 2. The molecule has 0 bridgehead atoms. The van der Waals surface area contributed by atoms with Crippen molar-refractivity contribution >= 4 is 17.3 Å². The number of hydrogen-bond donors (Lipinski definition) is 0. The number of alkyl halides is 1. The lowest BCUT2D eigenvalue weighted by Crippen LogP contribution is -2.10. The summed E-state index contributed by atoms with van der Waals surface area (Å²) in [5.74, 6) is -0.00267. The molecule has 0 aliphatic heterocycles. The van der Waals surface area contributed by atoms with Crippen LogP contribution in [0.3, 0.4) is 0 Å². The Balaban J connectivity index is 3.18. The first-order chi connectivity index (χ1) is 8.01. The molecule has 1 aromatic rings. The highest BCUT2D eigenvalue weighted by molar-refractivity contribution is 6.21. The fourth-order valence-electron chi connectivity index (χ4n) is 1.70. The molecule has 1 aromatic carbocycles. The second kappa shape index (κ2) is 5.65. The van der Waals surface area contributed by atoms with Crippen molar-refractivity contribution < 1.29 is 4.92 Å². The minimum absolute atomic E-state index is 0.00267. The van der Waals surface area contributed by atoms with E-state index >= 15 is 0 Å². The Morgan fingerprint density at radius 2 is 2.24 bits per heavy atom. The second-order valence-electron chi connectivity index (χ2n) is 3.85. The minimum atomic E-state index is -0.507.